The van der Waals surface area contributed by atoms with E-state index in [4.69, 9.17) is 0 Å². The highest BCUT2D eigenvalue weighted by atomic mass is 32.1. The van der Waals surface area contributed by atoms with Crippen molar-refractivity contribution in [3.05, 3.63) is 47.0 Å². The standard InChI is InChI=1S/C14H14N4OS/c1-14(19,10-4-6-20-7-10)8-16-13-11-3-2-5-15-12(11)17-9-18-13/h2-7,9,19H,8H2,1H3,(H,15,16,17,18). The van der Waals surface area contributed by atoms with Crippen LogP contribution in [0.25, 0.3) is 11.0 Å². The summed E-state index contributed by atoms with van der Waals surface area (Å²) < 4.78 is 0. The van der Waals surface area contributed by atoms with Crippen LogP contribution in [-0.4, -0.2) is 26.6 Å². The Kier molecular flexibility index (Phi) is 3.33. The molecule has 6 heteroatoms. The van der Waals surface area contributed by atoms with Crippen molar-refractivity contribution in [3.8, 4) is 0 Å². The molecule has 3 rings (SSSR count). The lowest BCUT2D eigenvalue weighted by Gasteiger charge is -2.23. The Balaban J connectivity index is 1.84. The molecule has 0 saturated heterocycles. The van der Waals surface area contributed by atoms with Gasteiger partial charge in [-0.1, -0.05) is 0 Å². The van der Waals surface area contributed by atoms with Gasteiger partial charge in [0.05, 0.1) is 5.39 Å². The molecule has 0 saturated carbocycles. The first-order valence-corrected chi connectivity index (χ1v) is 7.16. The van der Waals surface area contributed by atoms with Crippen LogP contribution in [0, 0.1) is 0 Å². The van der Waals surface area contributed by atoms with E-state index in [0.29, 0.717) is 18.0 Å². The Morgan fingerprint density at radius 1 is 1.30 bits per heavy atom. The first-order valence-electron chi connectivity index (χ1n) is 6.21. The normalized spacial score (nSPS) is 14.1. The zero-order valence-corrected chi connectivity index (χ0v) is 11.8. The number of anilines is 1. The van der Waals surface area contributed by atoms with Crippen molar-refractivity contribution in [2.75, 3.05) is 11.9 Å². The topological polar surface area (TPSA) is 70.9 Å². The second-order valence-electron chi connectivity index (χ2n) is 4.74. The predicted molar refractivity (Wildman–Crippen MR) is 79.7 cm³/mol. The number of fused-ring (bicyclic) bond motifs is 1. The van der Waals surface area contributed by atoms with Gasteiger partial charge in [0.1, 0.15) is 17.7 Å². The summed E-state index contributed by atoms with van der Waals surface area (Å²) >= 11 is 1.57. The molecule has 3 heterocycles. The molecule has 0 aromatic carbocycles. The maximum absolute atomic E-state index is 10.5. The highest BCUT2D eigenvalue weighted by Crippen LogP contribution is 2.24. The molecule has 0 aliphatic rings. The van der Waals surface area contributed by atoms with Crippen LogP contribution >= 0.6 is 11.3 Å². The molecule has 0 aliphatic heterocycles. The lowest BCUT2D eigenvalue weighted by molar-refractivity contribution is 0.0719. The van der Waals surface area contributed by atoms with Crippen molar-refractivity contribution in [3.63, 3.8) is 0 Å². The van der Waals surface area contributed by atoms with E-state index < -0.39 is 5.60 Å². The SMILES string of the molecule is CC(O)(CNc1ncnc2ncccc12)c1ccsc1. The molecule has 0 amide bonds. The van der Waals surface area contributed by atoms with Gasteiger partial charge in [-0.25, -0.2) is 15.0 Å². The second kappa shape index (κ2) is 5.15. The van der Waals surface area contributed by atoms with Crippen LogP contribution < -0.4 is 5.32 Å². The number of aliphatic hydroxyl groups is 1. The van der Waals surface area contributed by atoms with Gasteiger partial charge in [0.25, 0.3) is 0 Å². The summed E-state index contributed by atoms with van der Waals surface area (Å²) in [7, 11) is 0. The molecule has 0 aliphatic carbocycles. The maximum Gasteiger partial charge on any atom is 0.164 e. The van der Waals surface area contributed by atoms with Crippen molar-refractivity contribution in [1.82, 2.24) is 15.0 Å². The van der Waals surface area contributed by atoms with Crippen LogP contribution in [0.4, 0.5) is 5.82 Å². The average Bonchev–Trinajstić information content (AvgIpc) is 3.00. The van der Waals surface area contributed by atoms with Crippen molar-refractivity contribution >= 4 is 28.2 Å². The number of rotatable bonds is 4. The molecule has 0 radical (unpaired) electrons. The molecule has 102 valence electrons. The molecule has 0 spiro atoms. The first-order chi connectivity index (χ1) is 9.67. The minimum Gasteiger partial charge on any atom is -0.384 e. The lowest BCUT2D eigenvalue weighted by Crippen LogP contribution is -2.30. The van der Waals surface area contributed by atoms with Crippen LogP contribution in [0.5, 0.6) is 0 Å². The zero-order chi connectivity index (χ0) is 14.0. The summed E-state index contributed by atoms with van der Waals surface area (Å²) in [5.41, 5.74) is 0.589. The first kappa shape index (κ1) is 13.0. The molecule has 2 N–H and O–H groups in total. The number of pyridine rings is 1. The zero-order valence-electron chi connectivity index (χ0n) is 10.9. The average molecular weight is 286 g/mol. The summed E-state index contributed by atoms with van der Waals surface area (Å²) in [5, 5.41) is 18.4. The van der Waals surface area contributed by atoms with Gasteiger partial charge in [-0.2, -0.15) is 11.3 Å². The Hall–Kier alpha value is -2.05. The van der Waals surface area contributed by atoms with Gasteiger partial charge in [-0.3, -0.25) is 0 Å². The van der Waals surface area contributed by atoms with Gasteiger partial charge < -0.3 is 10.4 Å². The predicted octanol–water partition coefficient (Wildman–Crippen LogP) is 2.41. The summed E-state index contributed by atoms with van der Waals surface area (Å²) in [6, 6.07) is 5.67. The molecular weight excluding hydrogens is 272 g/mol. The van der Waals surface area contributed by atoms with E-state index in [1.807, 2.05) is 29.0 Å². The fraction of sp³-hybridized carbons (Fsp3) is 0.214. The van der Waals surface area contributed by atoms with Gasteiger partial charge in [0.2, 0.25) is 0 Å². The smallest absolute Gasteiger partial charge is 0.164 e. The largest absolute Gasteiger partial charge is 0.384 e. The number of hydrogen-bond acceptors (Lipinski definition) is 6. The van der Waals surface area contributed by atoms with Crippen LogP contribution in [0.2, 0.25) is 0 Å². The molecule has 1 atom stereocenters. The molecular formula is C14H14N4OS. The summed E-state index contributed by atoms with van der Waals surface area (Å²) in [4.78, 5) is 12.5. The Bertz CT molecular complexity index is 707. The van der Waals surface area contributed by atoms with E-state index in [1.54, 1.807) is 24.5 Å². The number of thiophene rings is 1. The second-order valence-corrected chi connectivity index (χ2v) is 5.52. The van der Waals surface area contributed by atoms with E-state index in [-0.39, 0.29) is 0 Å². The summed E-state index contributed by atoms with van der Waals surface area (Å²) in [6.07, 6.45) is 3.16. The number of hydrogen-bond donors (Lipinski definition) is 2. The van der Waals surface area contributed by atoms with E-state index >= 15 is 0 Å². The van der Waals surface area contributed by atoms with Crippen molar-refractivity contribution in [2.45, 2.75) is 12.5 Å². The summed E-state index contributed by atoms with van der Waals surface area (Å²) in [5.74, 6) is 0.679. The third-order valence-corrected chi connectivity index (χ3v) is 3.84. The quantitative estimate of drug-likeness (QED) is 0.770. The third-order valence-electron chi connectivity index (χ3n) is 3.15. The van der Waals surface area contributed by atoms with E-state index in [9.17, 15) is 5.11 Å². The minimum absolute atomic E-state index is 0.366. The molecule has 5 nitrogen and oxygen atoms in total. The molecule has 1 unspecified atom stereocenters. The molecule has 3 aromatic heterocycles. The van der Waals surface area contributed by atoms with Crippen molar-refractivity contribution < 1.29 is 5.11 Å². The maximum atomic E-state index is 10.5. The fourth-order valence-electron chi connectivity index (χ4n) is 1.97. The number of nitrogens with zero attached hydrogens (tertiary/aromatic N) is 3. The van der Waals surface area contributed by atoms with E-state index in [1.165, 1.54) is 6.33 Å². The highest BCUT2D eigenvalue weighted by Gasteiger charge is 2.23. The Morgan fingerprint density at radius 3 is 3.00 bits per heavy atom. The minimum atomic E-state index is -0.945. The van der Waals surface area contributed by atoms with Gasteiger partial charge in [-0.05, 0) is 41.4 Å². The van der Waals surface area contributed by atoms with Crippen molar-refractivity contribution in [1.29, 1.82) is 0 Å². The van der Waals surface area contributed by atoms with Gasteiger partial charge >= 0.3 is 0 Å². The fourth-order valence-corrected chi connectivity index (χ4v) is 2.75. The van der Waals surface area contributed by atoms with Crippen LogP contribution in [0.15, 0.2) is 41.5 Å². The molecule has 0 fully saturated rings. The van der Waals surface area contributed by atoms with Crippen LogP contribution in [0.1, 0.15) is 12.5 Å². The summed E-state index contributed by atoms with van der Waals surface area (Å²) in [6.45, 7) is 2.15. The monoisotopic (exact) mass is 286 g/mol. The molecule has 0 bridgehead atoms. The number of nitrogens with one attached hydrogen (secondary N) is 1. The van der Waals surface area contributed by atoms with Gasteiger partial charge in [0.15, 0.2) is 5.65 Å². The third kappa shape index (κ3) is 2.48. The van der Waals surface area contributed by atoms with Gasteiger partial charge in [-0.15, -0.1) is 0 Å². The highest BCUT2D eigenvalue weighted by molar-refractivity contribution is 7.08. The van der Waals surface area contributed by atoms with Crippen LogP contribution in [0.3, 0.4) is 0 Å². The van der Waals surface area contributed by atoms with Crippen molar-refractivity contribution in [2.24, 2.45) is 0 Å². The van der Waals surface area contributed by atoms with Gasteiger partial charge in [0, 0.05) is 12.7 Å². The van der Waals surface area contributed by atoms with E-state index in [0.717, 1.165) is 10.9 Å². The lowest BCUT2D eigenvalue weighted by atomic mass is 9.99. The molecule has 20 heavy (non-hydrogen) atoms. The van der Waals surface area contributed by atoms with Crippen LogP contribution in [-0.2, 0) is 5.60 Å². The van der Waals surface area contributed by atoms with E-state index in [2.05, 4.69) is 20.3 Å². The molecule has 3 aromatic rings. The Morgan fingerprint density at radius 2 is 2.20 bits per heavy atom. The Labute approximate surface area is 120 Å². The number of aromatic nitrogens is 3.